The van der Waals surface area contributed by atoms with Crippen LogP contribution >= 0.6 is 11.6 Å². The smallest absolute Gasteiger partial charge is 0.252 e. The van der Waals surface area contributed by atoms with Crippen LogP contribution in [0.3, 0.4) is 0 Å². The van der Waals surface area contributed by atoms with Crippen molar-refractivity contribution in [3.05, 3.63) is 29.3 Å². The van der Waals surface area contributed by atoms with Gasteiger partial charge in [0.05, 0.1) is 5.56 Å². The molecule has 4 heteroatoms. The number of amides is 1. The van der Waals surface area contributed by atoms with Gasteiger partial charge in [-0.2, -0.15) is 0 Å². The van der Waals surface area contributed by atoms with E-state index in [0.29, 0.717) is 11.3 Å². The molecular weight excluding hydrogens is 250 g/mol. The van der Waals surface area contributed by atoms with E-state index in [4.69, 9.17) is 17.3 Å². The Morgan fingerprint density at radius 2 is 2.00 bits per heavy atom. The Kier molecular flexibility index (Phi) is 4.12. The largest absolute Gasteiger partial charge is 0.507 e. The predicted molar refractivity (Wildman–Crippen MR) is 71.9 cm³/mol. The summed E-state index contributed by atoms with van der Waals surface area (Å²) >= 11 is 6.07. The highest BCUT2D eigenvalue weighted by Gasteiger charge is 2.21. The minimum Gasteiger partial charge on any atom is -0.507 e. The number of benzene rings is 1. The number of hydrogen-bond donors (Lipinski definition) is 2. The maximum absolute atomic E-state index is 11.2. The summed E-state index contributed by atoms with van der Waals surface area (Å²) in [4.78, 5) is 11.2. The molecule has 0 unspecified atom stereocenters. The second kappa shape index (κ2) is 5.61. The maximum Gasteiger partial charge on any atom is 0.252 e. The number of carbonyl (C=O) groups is 1. The van der Waals surface area contributed by atoms with Crippen LogP contribution < -0.4 is 5.73 Å². The summed E-state index contributed by atoms with van der Waals surface area (Å²) in [7, 11) is 0. The first kappa shape index (κ1) is 13.2. The quantitative estimate of drug-likeness (QED) is 0.827. The number of para-hydroxylation sites is 1. The van der Waals surface area contributed by atoms with Crippen molar-refractivity contribution in [2.24, 2.45) is 11.7 Å². The first-order chi connectivity index (χ1) is 8.58. The molecule has 0 spiro atoms. The van der Waals surface area contributed by atoms with Crippen molar-refractivity contribution >= 4 is 17.5 Å². The number of carbonyl (C=O) groups excluding carboxylic acids is 1. The lowest BCUT2D eigenvalue weighted by Gasteiger charge is -2.25. The molecule has 0 atom stereocenters. The average molecular weight is 268 g/mol. The highest BCUT2D eigenvalue weighted by molar-refractivity contribution is 6.20. The van der Waals surface area contributed by atoms with Crippen molar-refractivity contribution < 1.29 is 9.90 Å². The summed E-state index contributed by atoms with van der Waals surface area (Å²) in [6.07, 6.45) is 5.00. The second-order valence-corrected chi connectivity index (χ2v) is 5.62. The molecule has 0 saturated heterocycles. The lowest BCUT2D eigenvalue weighted by atomic mass is 9.84. The Balaban J connectivity index is 2.10. The molecule has 98 valence electrons. The topological polar surface area (TPSA) is 63.3 Å². The molecule has 0 radical (unpaired) electrons. The number of primary amides is 1. The SMILES string of the molecule is NC(=O)c1cccc(CC2CCC(Cl)CC2)c1O. The summed E-state index contributed by atoms with van der Waals surface area (Å²) in [6, 6.07) is 5.17. The van der Waals surface area contributed by atoms with E-state index in [2.05, 4.69) is 0 Å². The highest BCUT2D eigenvalue weighted by Crippen LogP contribution is 2.32. The molecule has 3 N–H and O–H groups in total. The molecule has 0 heterocycles. The van der Waals surface area contributed by atoms with Crippen LogP contribution in [0.25, 0.3) is 0 Å². The van der Waals surface area contributed by atoms with Gasteiger partial charge in [0.25, 0.3) is 5.91 Å². The number of halogens is 1. The van der Waals surface area contributed by atoms with Gasteiger partial charge in [0, 0.05) is 5.38 Å². The van der Waals surface area contributed by atoms with Crippen LogP contribution in [0, 0.1) is 5.92 Å². The Morgan fingerprint density at radius 1 is 1.33 bits per heavy atom. The van der Waals surface area contributed by atoms with Crippen molar-refractivity contribution in [2.75, 3.05) is 0 Å². The number of alkyl halides is 1. The van der Waals surface area contributed by atoms with Crippen molar-refractivity contribution in [1.82, 2.24) is 0 Å². The summed E-state index contributed by atoms with van der Waals surface area (Å²) in [5.41, 5.74) is 6.23. The number of hydrogen-bond acceptors (Lipinski definition) is 2. The van der Waals surface area contributed by atoms with E-state index in [1.165, 1.54) is 0 Å². The van der Waals surface area contributed by atoms with Crippen LogP contribution in [0.15, 0.2) is 18.2 Å². The molecule has 0 aliphatic heterocycles. The minimum atomic E-state index is -0.584. The van der Waals surface area contributed by atoms with Crippen LogP contribution in [0.4, 0.5) is 0 Å². The molecule has 1 aliphatic carbocycles. The van der Waals surface area contributed by atoms with Crippen molar-refractivity contribution in [1.29, 1.82) is 0 Å². The number of nitrogens with two attached hydrogens (primary N) is 1. The normalized spacial score (nSPS) is 23.8. The molecule has 18 heavy (non-hydrogen) atoms. The molecule has 1 aromatic carbocycles. The molecular formula is C14H18ClNO2. The monoisotopic (exact) mass is 267 g/mol. The van der Waals surface area contributed by atoms with E-state index in [1.54, 1.807) is 12.1 Å². The van der Waals surface area contributed by atoms with Gasteiger partial charge in [-0.25, -0.2) is 0 Å². The average Bonchev–Trinajstić information content (AvgIpc) is 2.34. The van der Waals surface area contributed by atoms with Gasteiger partial charge in [-0.15, -0.1) is 11.6 Å². The van der Waals surface area contributed by atoms with Gasteiger partial charge >= 0.3 is 0 Å². The van der Waals surface area contributed by atoms with E-state index >= 15 is 0 Å². The Morgan fingerprint density at radius 3 is 2.61 bits per heavy atom. The zero-order valence-electron chi connectivity index (χ0n) is 10.2. The van der Waals surface area contributed by atoms with Gasteiger partial charge < -0.3 is 10.8 Å². The van der Waals surface area contributed by atoms with E-state index in [-0.39, 0.29) is 11.3 Å². The summed E-state index contributed by atoms with van der Waals surface area (Å²) < 4.78 is 0. The molecule has 1 saturated carbocycles. The van der Waals surface area contributed by atoms with Crippen molar-refractivity contribution in [3.63, 3.8) is 0 Å². The van der Waals surface area contributed by atoms with Gasteiger partial charge in [0.1, 0.15) is 5.75 Å². The maximum atomic E-state index is 11.2. The van der Waals surface area contributed by atoms with Crippen LogP contribution in [-0.4, -0.2) is 16.4 Å². The first-order valence-corrected chi connectivity index (χ1v) is 6.76. The summed E-state index contributed by atoms with van der Waals surface area (Å²) in [6.45, 7) is 0. The van der Waals surface area contributed by atoms with Crippen LogP contribution in [-0.2, 0) is 6.42 Å². The molecule has 1 aromatic rings. The fourth-order valence-corrected chi connectivity index (χ4v) is 2.84. The zero-order chi connectivity index (χ0) is 13.1. The van der Waals surface area contributed by atoms with E-state index in [1.807, 2.05) is 6.07 Å². The summed E-state index contributed by atoms with van der Waals surface area (Å²) in [5, 5.41) is 10.3. The van der Waals surface area contributed by atoms with Crippen LogP contribution in [0.1, 0.15) is 41.6 Å². The zero-order valence-corrected chi connectivity index (χ0v) is 11.0. The minimum absolute atomic E-state index is 0.0398. The fraction of sp³-hybridized carbons (Fsp3) is 0.500. The van der Waals surface area contributed by atoms with Crippen LogP contribution in [0.5, 0.6) is 5.75 Å². The molecule has 1 fully saturated rings. The molecule has 0 bridgehead atoms. The standard InChI is InChI=1S/C14H18ClNO2/c15-11-6-4-9(5-7-11)8-10-2-1-3-12(13(10)17)14(16)18/h1-3,9,11,17H,4-8H2,(H2,16,18). The number of phenols is 1. The molecule has 3 nitrogen and oxygen atoms in total. The van der Waals surface area contributed by atoms with E-state index < -0.39 is 5.91 Å². The Hall–Kier alpha value is -1.22. The van der Waals surface area contributed by atoms with Gasteiger partial charge in [-0.3, -0.25) is 4.79 Å². The molecule has 1 aliphatic rings. The second-order valence-electron chi connectivity index (χ2n) is 5.00. The predicted octanol–water partition coefficient (Wildman–Crippen LogP) is 2.83. The molecule has 2 rings (SSSR count). The number of rotatable bonds is 3. The molecule has 1 amide bonds. The van der Waals surface area contributed by atoms with Crippen molar-refractivity contribution in [2.45, 2.75) is 37.5 Å². The number of aromatic hydroxyl groups is 1. The lowest BCUT2D eigenvalue weighted by Crippen LogP contribution is -2.17. The van der Waals surface area contributed by atoms with Crippen LogP contribution in [0.2, 0.25) is 0 Å². The van der Waals surface area contributed by atoms with Gasteiger partial charge in [-0.05, 0) is 49.7 Å². The van der Waals surface area contributed by atoms with Gasteiger partial charge in [0.2, 0.25) is 0 Å². The third kappa shape index (κ3) is 2.96. The fourth-order valence-electron chi connectivity index (χ4n) is 2.59. The third-order valence-electron chi connectivity index (χ3n) is 3.67. The lowest BCUT2D eigenvalue weighted by molar-refractivity contribution is 0.0997. The molecule has 0 aromatic heterocycles. The van der Waals surface area contributed by atoms with E-state index in [0.717, 1.165) is 37.7 Å². The van der Waals surface area contributed by atoms with E-state index in [9.17, 15) is 9.90 Å². The Labute approximate surface area is 112 Å². The Bertz CT molecular complexity index is 439. The third-order valence-corrected chi connectivity index (χ3v) is 4.11. The van der Waals surface area contributed by atoms with Crippen molar-refractivity contribution in [3.8, 4) is 5.75 Å². The first-order valence-electron chi connectivity index (χ1n) is 6.32. The van der Waals surface area contributed by atoms with Gasteiger partial charge in [-0.1, -0.05) is 12.1 Å². The summed E-state index contributed by atoms with van der Waals surface area (Å²) in [5.74, 6) is -0.00848. The highest BCUT2D eigenvalue weighted by atomic mass is 35.5. The van der Waals surface area contributed by atoms with Gasteiger partial charge in [0.15, 0.2) is 0 Å².